The molecule has 114 valence electrons. The minimum Gasteiger partial charge on any atom is -0.462 e. The number of hydrogen-bond acceptors (Lipinski definition) is 3. The average molecular weight is 287 g/mol. The molecule has 2 rings (SSSR count). The predicted octanol–water partition coefficient (Wildman–Crippen LogP) is 4.27. The van der Waals surface area contributed by atoms with E-state index in [2.05, 4.69) is 25.2 Å². The van der Waals surface area contributed by atoms with E-state index in [0.717, 1.165) is 18.7 Å². The molecule has 0 heterocycles. The van der Waals surface area contributed by atoms with Crippen LogP contribution in [-0.2, 0) is 4.74 Å². The lowest BCUT2D eigenvalue weighted by atomic mass is 9.83. The molecule has 0 saturated heterocycles. The molecule has 0 aliphatic heterocycles. The number of carbonyl (C=O) groups is 1. The van der Waals surface area contributed by atoms with E-state index in [9.17, 15) is 4.79 Å². The number of para-hydroxylation sites is 1. The molecule has 0 aromatic heterocycles. The van der Waals surface area contributed by atoms with E-state index >= 15 is 0 Å². The monoisotopic (exact) mass is 287 g/mol. The summed E-state index contributed by atoms with van der Waals surface area (Å²) in [5, 5.41) is 3.44. The van der Waals surface area contributed by atoms with Crippen LogP contribution in [0.15, 0.2) is 35.9 Å². The van der Waals surface area contributed by atoms with Crippen LogP contribution in [0.3, 0.4) is 0 Å². The Kier molecular flexibility index (Phi) is 5.43. The number of carbonyl (C=O) groups excluding carboxylic acids is 1. The molecule has 21 heavy (non-hydrogen) atoms. The average Bonchev–Trinajstić information content (AvgIpc) is 2.45. The largest absolute Gasteiger partial charge is 0.462 e. The fraction of sp³-hybridized carbons (Fsp3) is 0.500. The van der Waals surface area contributed by atoms with E-state index < -0.39 is 0 Å². The Morgan fingerprint density at radius 3 is 2.86 bits per heavy atom. The number of anilines is 1. The third-order valence-corrected chi connectivity index (χ3v) is 3.89. The molecule has 1 aliphatic carbocycles. The van der Waals surface area contributed by atoms with E-state index in [1.165, 1.54) is 12.0 Å². The maximum Gasteiger partial charge on any atom is 0.340 e. The van der Waals surface area contributed by atoms with Gasteiger partial charge in [-0.1, -0.05) is 30.7 Å². The Labute approximate surface area is 127 Å². The number of hydrogen-bond donors (Lipinski definition) is 1. The minimum atomic E-state index is -0.256. The molecule has 3 nitrogen and oxygen atoms in total. The zero-order valence-corrected chi connectivity index (χ0v) is 13.2. The summed E-state index contributed by atoms with van der Waals surface area (Å²) < 4.78 is 5.11. The third-order valence-electron chi connectivity index (χ3n) is 3.89. The van der Waals surface area contributed by atoms with Gasteiger partial charge in [-0.3, -0.25) is 0 Å². The van der Waals surface area contributed by atoms with Crippen molar-refractivity contribution in [2.75, 3.05) is 18.5 Å². The zero-order valence-electron chi connectivity index (χ0n) is 13.2. The van der Waals surface area contributed by atoms with E-state index in [1.807, 2.05) is 31.2 Å². The van der Waals surface area contributed by atoms with E-state index in [0.29, 0.717) is 24.0 Å². The summed E-state index contributed by atoms with van der Waals surface area (Å²) in [5.74, 6) is 1.01. The van der Waals surface area contributed by atoms with Gasteiger partial charge in [0.05, 0.1) is 12.2 Å². The summed E-state index contributed by atoms with van der Waals surface area (Å²) in [6, 6.07) is 7.57. The lowest BCUT2D eigenvalue weighted by molar-refractivity contribution is 0.0527. The van der Waals surface area contributed by atoms with Crippen LogP contribution in [0.5, 0.6) is 0 Å². The summed E-state index contributed by atoms with van der Waals surface area (Å²) in [7, 11) is 0. The van der Waals surface area contributed by atoms with Gasteiger partial charge >= 0.3 is 5.97 Å². The summed E-state index contributed by atoms with van der Waals surface area (Å²) in [6.45, 7) is 7.59. The number of allylic oxidation sites excluding steroid dienone is 2. The first-order valence-electron chi connectivity index (χ1n) is 7.77. The van der Waals surface area contributed by atoms with Crippen molar-refractivity contribution in [3.05, 3.63) is 41.5 Å². The summed E-state index contributed by atoms with van der Waals surface area (Å²) in [5.41, 5.74) is 2.96. The first-order chi connectivity index (χ1) is 10.1. The van der Waals surface area contributed by atoms with Crippen LogP contribution < -0.4 is 5.32 Å². The second kappa shape index (κ2) is 7.30. The third kappa shape index (κ3) is 4.35. The Bertz CT molecular complexity index is 522. The van der Waals surface area contributed by atoms with Gasteiger partial charge in [-0.25, -0.2) is 4.79 Å². The van der Waals surface area contributed by atoms with Gasteiger partial charge in [-0.05, 0) is 50.7 Å². The van der Waals surface area contributed by atoms with Crippen molar-refractivity contribution in [2.24, 2.45) is 11.8 Å². The second-order valence-electron chi connectivity index (χ2n) is 5.94. The van der Waals surface area contributed by atoms with Crippen LogP contribution in [0, 0.1) is 11.8 Å². The second-order valence-corrected chi connectivity index (χ2v) is 5.94. The number of nitrogens with one attached hydrogen (secondary N) is 1. The van der Waals surface area contributed by atoms with Gasteiger partial charge in [-0.15, -0.1) is 0 Å². The topological polar surface area (TPSA) is 38.3 Å². The molecule has 0 spiro atoms. The quantitative estimate of drug-likeness (QED) is 0.649. The molecule has 0 amide bonds. The van der Waals surface area contributed by atoms with Gasteiger partial charge in [0.1, 0.15) is 0 Å². The molecule has 2 atom stereocenters. The van der Waals surface area contributed by atoms with Crippen molar-refractivity contribution in [2.45, 2.75) is 33.6 Å². The molecule has 0 fully saturated rings. The molecule has 0 radical (unpaired) electrons. The normalized spacial score (nSPS) is 21.6. The molecule has 1 N–H and O–H groups in total. The molecule has 1 aliphatic rings. The Morgan fingerprint density at radius 1 is 1.38 bits per heavy atom. The van der Waals surface area contributed by atoms with Crippen LogP contribution >= 0.6 is 0 Å². The van der Waals surface area contributed by atoms with Crippen molar-refractivity contribution >= 4 is 11.7 Å². The first-order valence-corrected chi connectivity index (χ1v) is 7.77. The van der Waals surface area contributed by atoms with Crippen molar-refractivity contribution in [3.63, 3.8) is 0 Å². The minimum absolute atomic E-state index is 0.256. The highest BCUT2D eigenvalue weighted by Gasteiger charge is 2.19. The van der Waals surface area contributed by atoms with Gasteiger partial charge in [0.2, 0.25) is 0 Å². The fourth-order valence-corrected chi connectivity index (χ4v) is 3.12. The van der Waals surface area contributed by atoms with Crippen LogP contribution in [0.25, 0.3) is 0 Å². The molecular weight excluding hydrogens is 262 g/mol. The summed E-state index contributed by atoms with van der Waals surface area (Å²) in [4.78, 5) is 11.9. The maximum absolute atomic E-state index is 11.9. The van der Waals surface area contributed by atoms with Crippen LogP contribution in [0.1, 0.15) is 44.0 Å². The lowest BCUT2D eigenvalue weighted by Crippen LogP contribution is -2.21. The molecule has 0 bridgehead atoms. The van der Waals surface area contributed by atoms with Gasteiger partial charge in [0, 0.05) is 12.2 Å². The van der Waals surface area contributed by atoms with Crippen LogP contribution in [0.2, 0.25) is 0 Å². The highest BCUT2D eigenvalue weighted by Crippen LogP contribution is 2.28. The molecular formula is C18H25NO2. The Hall–Kier alpha value is -1.77. The molecule has 0 saturated carbocycles. The SMILES string of the molecule is CCOC(=O)c1ccccc1NCC1CC(C)=CC(C)C1. The highest BCUT2D eigenvalue weighted by atomic mass is 16.5. The van der Waals surface area contributed by atoms with Gasteiger partial charge in [0.25, 0.3) is 0 Å². The van der Waals surface area contributed by atoms with Crippen molar-refractivity contribution < 1.29 is 9.53 Å². The standard InChI is InChI=1S/C18H25NO2/c1-4-21-18(20)16-7-5-6-8-17(16)19-12-15-10-13(2)9-14(3)11-15/h5-9,13,15,19H,4,10-12H2,1-3H3. The number of rotatable bonds is 5. The highest BCUT2D eigenvalue weighted by molar-refractivity contribution is 5.95. The maximum atomic E-state index is 11.9. The summed E-state index contributed by atoms with van der Waals surface area (Å²) in [6.07, 6.45) is 4.70. The van der Waals surface area contributed by atoms with Crippen molar-refractivity contribution in [3.8, 4) is 0 Å². The molecule has 1 aromatic rings. The predicted molar refractivity (Wildman–Crippen MR) is 86.5 cm³/mol. The fourth-order valence-electron chi connectivity index (χ4n) is 3.12. The molecule has 3 heteroatoms. The summed E-state index contributed by atoms with van der Waals surface area (Å²) >= 11 is 0. The number of esters is 1. The van der Waals surface area contributed by atoms with Crippen molar-refractivity contribution in [1.29, 1.82) is 0 Å². The van der Waals surface area contributed by atoms with E-state index in [-0.39, 0.29) is 5.97 Å². The van der Waals surface area contributed by atoms with Gasteiger partial charge < -0.3 is 10.1 Å². The van der Waals surface area contributed by atoms with Gasteiger partial charge in [0.15, 0.2) is 0 Å². The number of benzene rings is 1. The zero-order chi connectivity index (χ0) is 15.2. The van der Waals surface area contributed by atoms with E-state index in [1.54, 1.807) is 0 Å². The molecule has 1 aromatic carbocycles. The van der Waals surface area contributed by atoms with Gasteiger partial charge in [-0.2, -0.15) is 0 Å². The van der Waals surface area contributed by atoms with Crippen LogP contribution in [-0.4, -0.2) is 19.1 Å². The first kappa shape index (κ1) is 15.6. The van der Waals surface area contributed by atoms with E-state index in [4.69, 9.17) is 4.74 Å². The van der Waals surface area contributed by atoms with Crippen molar-refractivity contribution in [1.82, 2.24) is 0 Å². The molecule has 2 unspecified atom stereocenters. The Balaban J connectivity index is 2.00. The smallest absolute Gasteiger partial charge is 0.340 e. The lowest BCUT2D eigenvalue weighted by Gasteiger charge is -2.26. The number of ether oxygens (including phenoxy) is 1. The van der Waals surface area contributed by atoms with Crippen LogP contribution in [0.4, 0.5) is 5.69 Å². The Morgan fingerprint density at radius 2 is 2.14 bits per heavy atom.